The van der Waals surface area contributed by atoms with E-state index in [1.807, 2.05) is 47.4 Å². The summed E-state index contributed by atoms with van der Waals surface area (Å²) < 4.78 is 22.3. The number of carbonyl (C=O) groups excluding carboxylic acids is 2. The van der Waals surface area contributed by atoms with E-state index in [0.29, 0.717) is 37.8 Å². The molecule has 1 amide bonds. The van der Waals surface area contributed by atoms with E-state index in [2.05, 4.69) is 5.32 Å². The number of hydrogen-bond acceptors (Lipinski definition) is 8. The van der Waals surface area contributed by atoms with Gasteiger partial charge in [-0.25, -0.2) is 4.79 Å². The highest BCUT2D eigenvalue weighted by molar-refractivity contribution is 5.90. The molecular weight excluding hydrogens is 480 g/mol. The van der Waals surface area contributed by atoms with Gasteiger partial charge in [-0.15, -0.1) is 0 Å². The van der Waals surface area contributed by atoms with Crippen molar-refractivity contribution in [2.45, 2.75) is 24.6 Å². The molecule has 2 N–H and O–H groups in total. The Hall–Kier alpha value is -3.47. The van der Waals surface area contributed by atoms with E-state index in [-0.39, 0.29) is 19.4 Å². The monoisotopic (exact) mass is 512 g/mol. The van der Waals surface area contributed by atoms with Crippen molar-refractivity contribution in [3.8, 4) is 22.6 Å². The Kier molecular flexibility index (Phi) is 8.42. The standard InChI is InChI=1S/C27H32N2O8/c1-34-22-4-3-5-23(35-2)24(22)20-8-6-18(7-9-20)14-21(25(31)32)28-26(33)27(15-19(16-30)17-37-27)29-10-12-36-13-11-29/h3-9,16,19,21H,10-15,17H2,1-2H3,(H,28,33)(H,31,32)/t19?,21-,27?/m0/s1. The quantitative estimate of drug-likeness (QED) is 0.458. The second-order valence-electron chi connectivity index (χ2n) is 9.10. The van der Waals surface area contributed by atoms with Crippen LogP contribution in [0.5, 0.6) is 11.5 Å². The Morgan fingerprint density at radius 2 is 1.78 bits per heavy atom. The molecule has 0 aromatic heterocycles. The highest BCUT2D eigenvalue weighted by atomic mass is 16.5. The van der Waals surface area contributed by atoms with Crippen molar-refractivity contribution in [3.05, 3.63) is 48.0 Å². The number of amides is 1. The molecule has 2 heterocycles. The first-order valence-corrected chi connectivity index (χ1v) is 12.2. The van der Waals surface area contributed by atoms with Gasteiger partial charge in [-0.3, -0.25) is 9.69 Å². The number of nitrogens with one attached hydrogen (secondary N) is 1. The number of aliphatic carboxylic acids is 1. The molecule has 10 nitrogen and oxygen atoms in total. The molecule has 37 heavy (non-hydrogen) atoms. The second kappa shape index (κ2) is 11.7. The molecule has 3 atom stereocenters. The third-order valence-electron chi connectivity index (χ3n) is 6.86. The van der Waals surface area contributed by atoms with Crippen molar-refractivity contribution in [2.75, 3.05) is 47.1 Å². The molecule has 0 aliphatic carbocycles. The number of carboxylic acids is 1. The zero-order valence-electron chi connectivity index (χ0n) is 21.0. The van der Waals surface area contributed by atoms with Gasteiger partial charge in [-0.1, -0.05) is 30.3 Å². The number of benzene rings is 2. The van der Waals surface area contributed by atoms with Crippen LogP contribution in [0.25, 0.3) is 11.1 Å². The summed E-state index contributed by atoms with van der Waals surface area (Å²) in [6.45, 7) is 1.86. The molecule has 0 spiro atoms. The number of carbonyl (C=O) groups is 3. The maximum atomic E-state index is 13.5. The van der Waals surface area contributed by atoms with Gasteiger partial charge in [-0.05, 0) is 23.3 Å². The first-order valence-electron chi connectivity index (χ1n) is 12.2. The van der Waals surface area contributed by atoms with Gasteiger partial charge in [0, 0.05) is 31.8 Å². The highest BCUT2D eigenvalue weighted by Gasteiger charge is 2.52. The van der Waals surface area contributed by atoms with Crippen molar-refractivity contribution in [3.63, 3.8) is 0 Å². The molecule has 0 radical (unpaired) electrons. The minimum absolute atomic E-state index is 0.0702. The Labute approximate surface area is 215 Å². The molecule has 2 aromatic carbocycles. The fourth-order valence-electron chi connectivity index (χ4n) is 4.90. The van der Waals surface area contributed by atoms with Gasteiger partial charge >= 0.3 is 5.97 Å². The summed E-state index contributed by atoms with van der Waals surface area (Å²) in [7, 11) is 3.17. The van der Waals surface area contributed by atoms with Crippen molar-refractivity contribution < 1.29 is 38.4 Å². The predicted octanol–water partition coefficient (Wildman–Crippen LogP) is 1.75. The third kappa shape index (κ3) is 5.61. The van der Waals surface area contributed by atoms with Gasteiger partial charge in [0.1, 0.15) is 23.8 Å². The summed E-state index contributed by atoms with van der Waals surface area (Å²) in [4.78, 5) is 38.9. The molecule has 0 saturated carbocycles. The van der Waals surface area contributed by atoms with E-state index in [1.54, 1.807) is 14.2 Å². The molecule has 2 aromatic rings. The maximum absolute atomic E-state index is 13.5. The van der Waals surface area contributed by atoms with E-state index in [1.165, 1.54) is 0 Å². The summed E-state index contributed by atoms with van der Waals surface area (Å²) >= 11 is 0. The number of nitrogens with zero attached hydrogens (tertiary/aromatic N) is 1. The molecule has 10 heteroatoms. The summed E-state index contributed by atoms with van der Waals surface area (Å²) in [6, 6.07) is 11.7. The largest absolute Gasteiger partial charge is 0.496 e. The SMILES string of the molecule is COc1cccc(OC)c1-c1ccc(C[C@H](NC(=O)C2(N3CCOCC3)CC(C=O)CO2)C(=O)O)cc1. The van der Waals surface area contributed by atoms with Gasteiger partial charge in [0.05, 0.1) is 39.6 Å². The Morgan fingerprint density at radius 1 is 1.14 bits per heavy atom. The second-order valence-corrected chi connectivity index (χ2v) is 9.10. The number of methoxy groups -OCH3 is 2. The number of ether oxygens (including phenoxy) is 4. The Balaban J connectivity index is 1.52. The molecular formula is C27H32N2O8. The smallest absolute Gasteiger partial charge is 0.326 e. The van der Waals surface area contributed by atoms with Gasteiger partial charge in [0.25, 0.3) is 5.91 Å². The number of hydrogen-bond donors (Lipinski definition) is 2. The summed E-state index contributed by atoms with van der Waals surface area (Å²) in [6.07, 6.45) is 1.02. The van der Waals surface area contributed by atoms with Gasteiger partial charge in [0.15, 0.2) is 0 Å². The lowest BCUT2D eigenvalue weighted by atomic mass is 9.97. The van der Waals surface area contributed by atoms with Crippen LogP contribution in [0, 0.1) is 5.92 Å². The molecule has 2 saturated heterocycles. The zero-order chi connectivity index (χ0) is 26.4. The van der Waals surface area contributed by atoms with Crippen molar-refractivity contribution >= 4 is 18.2 Å². The van der Waals surface area contributed by atoms with Crippen LogP contribution in [0.4, 0.5) is 0 Å². The first-order chi connectivity index (χ1) is 17.9. The van der Waals surface area contributed by atoms with Crippen LogP contribution in [-0.2, 0) is 30.3 Å². The average molecular weight is 513 g/mol. The predicted molar refractivity (Wildman–Crippen MR) is 133 cm³/mol. The highest BCUT2D eigenvalue weighted by Crippen LogP contribution is 2.38. The van der Waals surface area contributed by atoms with Crippen LogP contribution in [0.2, 0.25) is 0 Å². The van der Waals surface area contributed by atoms with Crippen LogP contribution in [0.15, 0.2) is 42.5 Å². The molecule has 2 unspecified atom stereocenters. The first kappa shape index (κ1) is 26.6. The minimum atomic E-state index is -1.40. The molecule has 198 valence electrons. The Morgan fingerprint density at radius 3 is 2.32 bits per heavy atom. The molecule has 2 aliphatic heterocycles. The van der Waals surface area contributed by atoms with Crippen molar-refractivity contribution in [2.24, 2.45) is 5.92 Å². The third-order valence-corrected chi connectivity index (χ3v) is 6.86. The van der Waals surface area contributed by atoms with Gasteiger partial charge in [-0.2, -0.15) is 0 Å². The van der Waals surface area contributed by atoms with Crippen molar-refractivity contribution in [1.29, 1.82) is 0 Å². The fourth-order valence-corrected chi connectivity index (χ4v) is 4.90. The summed E-state index contributed by atoms with van der Waals surface area (Å²) in [5, 5.41) is 12.6. The van der Waals surface area contributed by atoms with E-state index < -0.39 is 29.6 Å². The van der Waals surface area contributed by atoms with Crippen LogP contribution >= 0.6 is 0 Å². The van der Waals surface area contributed by atoms with Crippen LogP contribution in [0.3, 0.4) is 0 Å². The van der Waals surface area contributed by atoms with Crippen molar-refractivity contribution in [1.82, 2.24) is 10.2 Å². The summed E-state index contributed by atoms with van der Waals surface area (Å²) in [5.41, 5.74) is 0.967. The van der Waals surface area contributed by atoms with Gasteiger partial charge in [0.2, 0.25) is 5.72 Å². The average Bonchev–Trinajstić information content (AvgIpc) is 3.39. The lowest BCUT2D eigenvalue weighted by Crippen LogP contribution is -2.63. The van der Waals surface area contributed by atoms with Crippen LogP contribution < -0.4 is 14.8 Å². The van der Waals surface area contributed by atoms with Crippen LogP contribution in [-0.4, -0.2) is 87.1 Å². The Bertz CT molecular complexity index is 1090. The van der Waals surface area contributed by atoms with Crippen LogP contribution in [0.1, 0.15) is 12.0 Å². The molecule has 0 bridgehead atoms. The molecule has 4 rings (SSSR count). The zero-order valence-corrected chi connectivity index (χ0v) is 21.0. The normalized spacial score (nSPS) is 22.7. The van der Waals surface area contributed by atoms with Gasteiger partial charge < -0.3 is 34.2 Å². The lowest BCUT2D eigenvalue weighted by molar-refractivity contribution is -0.178. The molecule has 2 aliphatic rings. The number of carboxylic acid groups (broad SMARTS) is 1. The number of rotatable bonds is 10. The fraction of sp³-hybridized carbons (Fsp3) is 0.444. The maximum Gasteiger partial charge on any atom is 0.326 e. The number of morpholine rings is 1. The van der Waals surface area contributed by atoms with E-state index >= 15 is 0 Å². The minimum Gasteiger partial charge on any atom is -0.496 e. The summed E-state index contributed by atoms with van der Waals surface area (Å²) in [5.74, 6) is -0.841. The van der Waals surface area contributed by atoms with E-state index in [0.717, 1.165) is 23.0 Å². The van der Waals surface area contributed by atoms with E-state index in [4.69, 9.17) is 18.9 Å². The van der Waals surface area contributed by atoms with E-state index in [9.17, 15) is 19.5 Å². The number of aldehydes is 1. The lowest BCUT2D eigenvalue weighted by Gasteiger charge is -2.41. The topological polar surface area (TPSA) is 124 Å². The molecule has 2 fully saturated rings.